The van der Waals surface area contributed by atoms with Gasteiger partial charge < -0.3 is 0 Å². The Morgan fingerprint density at radius 1 is 1.00 bits per heavy atom. The quantitative estimate of drug-likeness (QED) is 0.638. The van der Waals surface area contributed by atoms with Crippen LogP contribution in [0.2, 0.25) is 0 Å². The van der Waals surface area contributed by atoms with E-state index in [9.17, 15) is 0 Å². The molecule has 0 nitrogen and oxygen atoms in total. The molecule has 0 spiro atoms. The molecule has 0 aromatic heterocycles. The monoisotopic (exact) mass is 260 g/mol. The van der Waals surface area contributed by atoms with Crippen molar-refractivity contribution in [3.8, 4) is 0 Å². The van der Waals surface area contributed by atoms with Gasteiger partial charge in [-0.1, -0.05) is 73.2 Å². The van der Waals surface area contributed by atoms with Crippen LogP contribution in [0, 0.1) is 11.8 Å². The van der Waals surface area contributed by atoms with Crippen molar-refractivity contribution in [3.63, 3.8) is 0 Å². The standard InChI is InChI=1S/C20H20/c1-14-12-16-8-5-11-19(20(16)13-14)18-10-4-7-15-6-2-3-9-17(15)18/h2-11,14,19-20H,12-13H2,1H3. The molecule has 1 saturated carbocycles. The first-order chi connectivity index (χ1) is 9.83. The summed E-state index contributed by atoms with van der Waals surface area (Å²) in [5, 5.41) is 2.78. The molecule has 0 heterocycles. The Balaban J connectivity index is 1.84. The number of fused-ring (bicyclic) bond motifs is 2. The van der Waals surface area contributed by atoms with E-state index in [0.29, 0.717) is 5.92 Å². The van der Waals surface area contributed by atoms with Gasteiger partial charge in [0.25, 0.3) is 0 Å². The van der Waals surface area contributed by atoms with Crippen LogP contribution in [0.5, 0.6) is 0 Å². The Bertz CT molecular complexity index is 700. The minimum Gasteiger partial charge on any atom is -0.0764 e. The molecule has 0 saturated heterocycles. The van der Waals surface area contributed by atoms with Crippen molar-refractivity contribution in [1.29, 1.82) is 0 Å². The first kappa shape index (κ1) is 12.0. The normalized spacial score (nSPS) is 28.4. The highest BCUT2D eigenvalue weighted by atomic mass is 14.4. The SMILES string of the molecule is CC1CC2=CC=CC(c3cccc4ccccc34)C2C1. The van der Waals surface area contributed by atoms with Gasteiger partial charge in [0.15, 0.2) is 0 Å². The molecule has 0 amide bonds. The van der Waals surface area contributed by atoms with Gasteiger partial charge in [0.1, 0.15) is 0 Å². The van der Waals surface area contributed by atoms with Crippen LogP contribution in [-0.4, -0.2) is 0 Å². The Labute approximate surface area is 120 Å². The Morgan fingerprint density at radius 3 is 2.80 bits per heavy atom. The summed E-state index contributed by atoms with van der Waals surface area (Å²) in [6, 6.07) is 15.5. The number of benzene rings is 2. The number of allylic oxidation sites excluding steroid dienone is 4. The number of rotatable bonds is 1. The van der Waals surface area contributed by atoms with Crippen LogP contribution in [0.4, 0.5) is 0 Å². The van der Waals surface area contributed by atoms with Gasteiger partial charge in [0.2, 0.25) is 0 Å². The van der Waals surface area contributed by atoms with E-state index in [0.717, 1.165) is 11.8 Å². The van der Waals surface area contributed by atoms with E-state index in [4.69, 9.17) is 0 Å². The number of hydrogen-bond acceptors (Lipinski definition) is 0. The van der Waals surface area contributed by atoms with Crippen LogP contribution in [0.25, 0.3) is 10.8 Å². The fourth-order valence-corrected chi connectivity index (χ4v) is 4.09. The molecule has 1 fully saturated rings. The summed E-state index contributed by atoms with van der Waals surface area (Å²) in [4.78, 5) is 0. The lowest BCUT2D eigenvalue weighted by atomic mass is 9.78. The summed E-state index contributed by atoms with van der Waals surface area (Å²) in [7, 11) is 0. The third-order valence-electron chi connectivity index (χ3n) is 4.96. The lowest BCUT2D eigenvalue weighted by molar-refractivity contribution is 0.501. The Morgan fingerprint density at radius 2 is 1.85 bits per heavy atom. The van der Waals surface area contributed by atoms with Gasteiger partial charge >= 0.3 is 0 Å². The second-order valence-electron chi connectivity index (χ2n) is 6.37. The summed E-state index contributed by atoms with van der Waals surface area (Å²) < 4.78 is 0. The van der Waals surface area contributed by atoms with Crippen molar-refractivity contribution >= 4 is 10.8 Å². The van der Waals surface area contributed by atoms with Gasteiger partial charge in [-0.3, -0.25) is 0 Å². The number of hydrogen-bond donors (Lipinski definition) is 0. The van der Waals surface area contributed by atoms with E-state index in [2.05, 4.69) is 67.6 Å². The second-order valence-corrected chi connectivity index (χ2v) is 6.37. The van der Waals surface area contributed by atoms with Crippen LogP contribution in [0.1, 0.15) is 31.2 Å². The summed E-state index contributed by atoms with van der Waals surface area (Å²) in [5.41, 5.74) is 3.17. The molecule has 3 atom stereocenters. The molecule has 3 unspecified atom stereocenters. The van der Waals surface area contributed by atoms with Crippen LogP contribution >= 0.6 is 0 Å². The van der Waals surface area contributed by atoms with E-state index < -0.39 is 0 Å². The zero-order valence-electron chi connectivity index (χ0n) is 11.9. The van der Waals surface area contributed by atoms with Crippen molar-refractivity contribution in [2.24, 2.45) is 11.8 Å². The second kappa shape index (κ2) is 4.63. The predicted molar refractivity (Wildman–Crippen MR) is 85.8 cm³/mol. The largest absolute Gasteiger partial charge is 0.0764 e. The van der Waals surface area contributed by atoms with Crippen molar-refractivity contribution in [3.05, 3.63) is 71.8 Å². The summed E-state index contributed by atoms with van der Waals surface area (Å²) >= 11 is 0. The Kier molecular flexibility index (Phi) is 2.77. The van der Waals surface area contributed by atoms with Gasteiger partial charge in [-0.25, -0.2) is 0 Å². The molecule has 4 rings (SSSR count). The lowest BCUT2D eigenvalue weighted by Gasteiger charge is -2.26. The molecular formula is C20H20. The van der Waals surface area contributed by atoms with E-state index in [1.165, 1.54) is 29.2 Å². The molecule has 2 aliphatic carbocycles. The van der Waals surface area contributed by atoms with Crippen molar-refractivity contribution in [2.45, 2.75) is 25.7 Å². The summed E-state index contributed by atoms with van der Waals surface area (Å²) in [6.07, 6.45) is 9.67. The topological polar surface area (TPSA) is 0 Å². The molecule has 0 aliphatic heterocycles. The first-order valence-corrected chi connectivity index (χ1v) is 7.68. The van der Waals surface area contributed by atoms with E-state index in [1.807, 2.05) is 0 Å². The van der Waals surface area contributed by atoms with Crippen molar-refractivity contribution in [1.82, 2.24) is 0 Å². The van der Waals surface area contributed by atoms with Crippen LogP contribution in [-0.2, 0) is 0 Å². The fourth-order valence-electron chi connectivity index (χ4n) is 4.09. The molecule has 2 aromatic carbocycles. The lowest BCUT2D eigenvalue weighted by Crippen LogP contribution is -2.12. The molecule has 2 aliphatic rings. The van der Waals surface area contributed by atoms with Gasteiger partial charge in [0, 0.05) is 5.92 Å². The zero-order chi connectivity index (χ0) is 13.5. The maximum absolute atomic E-state index is 2.41. The maximum atomic E-state index is 2.41. The van der Waals surface area contributed by atoms with Crippen LogP contribution in [0.15, 0.2) is 66.3 Å². The minimum absolute atomic E-state index is 0.561. The highest BCUT2D eigenvalue weighted by molar-refractivity contribution is 5.86. The molecule has 20 heavy (non-hydrogen) atoms. The summed E-state index contributed by atoms with van der Waals surface area (Å²) in [6.45, 7) is 2.39. The molecule has 0 N–H and O–H groups in total. The first-order valence-electron chi connectivity index (χ1n) is 7.68. The molecule has 0 heteroatoms. The van der Waals surface area contributed by atoms with Gasteiger partial charge in [-0.05, 0) is 41.0 Å². The zero-order valence-corrected chi connectivity index (χ0v) is 11.9. The average Bonchev–Trinajstić information content (AvgIpc) is 2.87. The predicted octanol–water partition coefficient (Wildman–Crippen LogP) is 5.47. The highest BCUT2D eigenvalue weighted by Crippen LogP contribution is 2.47. The maximum Gasteiger partial charge on any atom is 0.00929 e. The summed E-state index contributed by atoms with van der Waals surface area (Å²) in [5.74, 6) is 2.12. The van der Waals surface area contributed by atoms with Gasteiger partial charge in [0.05, 0.1) is 0 Å². The molecule has 0 radical (unpaired) electrons. The van der Waals surface area contributed by atoms with Crippen LogP contribution < -0.4 is 0 Å². The van der Waals surface area contributed by atoms with E-state index >= 15 is 0 Å². The molecular weight excluding hydrogens is 240 g/mol. The minimum atomic E-state index is 0.561. The van der Waals surface area contributed by atoms with E-state index in [-0.39, 0.29) is 0 Å². The molecule has 100 valence electrons. The average molecular weight is 260 g/mol. The van der Waals surface area contributed by atoms with Crippen LogP contribution in [0.3, 0.4) is 0 Å². The van der Waals surface area contributed by atoms with Gasteiger partial charge in [-0.15, -0.1) is 0 Å². The van der Waals surface area contributed by atoms with E-state index in [1.54, 1.807) is 5.57 Å². The van der Waals surface area contributed by atoms with Gasteiger partial charge in [-0.2, -0.15) is 0 Å². The Hall–Kier alpha value is -1.82. The fraction of sp³-hybridized carbons (Fsp3) is 0.300. The van der Waals surface area contributed by atoms with Crippen molar-refractivity contribution < 1.29 is 0 Å². The molecule has 0 bridgehead atoms. The molecule has 2 aromatic rings. The third-order valence-corrected chi connectivity index (χ3v) is 4.96. The third kappa shape index (κ3) is 1.83. The van der Waals surface area contributed by atoms with Crippen molar-refractivity contribution in [2.75, 3.05) is 0 Å². The highest BCUT2D eigenvalue weighted by Gasteiger charge is 2.34. The smallest absolute Gasteiger partial charge is 0.00929 e.